The van der Waals surface area contributed by atoms with Crippen LogP contribution < -0.4 is 0 Å². The number of likely N-dealkylation sites (tertiary alicyclic amines) is 1. The Kier molecular flexibility index (Phi) is 3.89. The van der Waals surface area contributed by atoms with Crippen molar-refractivity contribution < 1.29 is 8.78 Å². The zero-order chi connectivity index (χ0) is 18.4. The molecule has 0 aliphatic carbocycles. The summed E-state index contributed by atoms with van der Waals surface area (Å²) in [7, 11) is 0. The molecule has 1 aliphatic rings. The van der Waals surface area contributed by atoms with E-state index >= 15 is 0 Å². The Morgan fingerprint density at radius 3 is 3.04 bits per heavy atom. The van der Waals surface area contributed by atoms with Gasteiger partial charge in [-0.1, -0.05) is 0 Å². The second-order valence-electron chi connectivity index (χ2n) is 7.14. The number of aromatic nitrogens is 4. The molecule has 0 bridgehead atoms. The molecular weight excluding hydrogens is 348 g/mol. The van der Waals surface area contributed by atoms with E-state index in [4.69, 9.17) is 0 Å². The largest absolute Gasteiger partial charge is 0.361 e. The van der Waals surface area contributed by atoms with Crippen LogP contribution in [-0.4, -0.2) is 44.1 Å². The molecule has 1 unspecified atom stereocenters. The van der Waals surface area contributed by atoms with Crippen LogP contribution in [0.2, 0.25) is 0 Å². The molecule has 7 heteroatoms. The summed E-state index contributed by atoms with van der Waals surface area (Å²) in [4.78, 5) is 5.58. The zero-order valence-electron chi connectivity index (χ0n) is 14.7. The summed E-state index contributed by atoms with van der Waals surface area (Å²) in [5.74, 6) is 0.626. The lowest BCUT2D eigenvalue weighted by molar-refractivity contribution is 0.336. The summed E-state index contributed by atoms with van der Waals surface area (Å²) >= 11 is 0. The van der Waals surface area contributed by atoms with Crippen LogP contribution in [0, 0.1) is 11.6 Å². The van der Waals surface area contributed by atoms with Gasteiger partial charge in [0.1, 0.15) is 11.6 Å². The predicted molar refractivity (Wildman–Crippen MR) is 98.7 cm³/mol. The van der Waals surface area contributed by atoms with Crippen molar-refractivity contribution in [3.63, 3.8) is 0 Å². The van der Waals surface area contributed by atoms with Crippen LogP contribution in [0.25, 0.3) is 16.6 Å². The maximum Gasteiger partial charge on any atom is 0.196 e. The number of aromatic amines is 1. The SMILES string of the molecule is Fc1ccc2c(C3CCN(CCc4nnc5c(F)cccn45)C3)c[nH]c2c1. The highest BCUT2D eigenvalue weighted by molar-refractivity contribution is 5.83. The molecule has 1 aliphatic heterocycles. The van der Waals surface area contributed by atoms with Gasteiger partial charge in [-0.15, -0.1) is 10.2 Å². The molecule has 1 atom stereocenters. The third-order valence-corrected chi connectivity index (χ3v) is 5.50. The average molecular weight is 367 g/mol. The summed E-state index contributed by atoms with van der Waals surface area (Å²) in [6.07, 6.45) is 5.59. The highest BCUT2D eigenvalue weighted by atomic mass is 19.1. The quantitative estimate of drug-likeness (QED) is 0.600. The normalized spacial score (nSPS) is 18.1. The van der Waals surface area contributed by atoms with E-state index in [1.807, 2.05) is 12.3 Å². The van der Waals surface area contributed by atoms with Crippen molar-refractivity contribution in [2.24, 2.45) is 0 Å². The molecule has 4 aromatic rings. The lowest BCUT2D eigenvalue weighted by Gasteiger charge is -2.15. The Balaban J connectivity index is 1.28. The summed E-state index contributed by atoms with van der Waals surface area (Å²) < 4.78 is 28.9. The van der Waals surface area contributed by atoms with Gasteiger partial charge in [-0.3, -0.25) is 4.40 Å². The molecule has 0 saturated carbocycles. The molecular formula is C20H19F2N5. The molecule has 1 fully saturated rings. The molecule has 138 valence electrons. The van der Waals surface area contributed by atoms with Gasteiger partial charge in [0.25, 0.3) is 0 Å². The van der Waals surface area contributed by atoms with Crippen LogP contribution in [0.5, 0.6) is 0 Å². The van der Waals surface area contributed by atoms with E-state index in [0.717, 1.165) is 49.2 Å². The maximum absolute atomic E-state index is 13.7. The lowest BCUT2D eigenvalue weighted by Crippen LogP contribution is -2.23. The van der Waals surface area contributed by atoms with Crippen molar-refractivity contribution in [1.29, 1.82) is 0 Å². The lowest BCUT2D eigenvalue weighted by atomic mass is 9.98. The van der Waals surface area contributed by atoms with E-state index in [1.165, 1.54) is 17.7 Å². The van der Waals surface area contributed by atoms with Crippen LogP contribution in [0.15, 0.2) is 42.7 Å². The summed E-state index contributed by atoms with van der Waals surface area (Å²) in [5, 5.41) is 9.19. The number of hydrogen-bond donors (Lipinski definition) is 1. The predicted octanol–water partition coefficient (Wildman–Crippen LogP) is 3.52. The van der Waals surface area contributed by atoms with E-state index in [1.54, 1.807) is 22.7 Å². The van der Waals surface area contributed by atoms with E-state index in [9.17, 15) is 8.78 Å². The van der Waals surface area contributed by atoms with E-state index < -0.39 is 0 Å². The molecule has 4 heterocycles. The van der Waals surface area contributed by atoms with E-state index in [2.05, 4.69) is 20.1 Å². The van der Waals surface area contributed by atoms with Gasteiger partial charge in [-0.05, 0) is 54.8 Å². The Bertz CT molecular complexity index is 1120. The van der Waals surface area contributed by atoms with Gasteiger partial charge in [0, 0.05) is 42.8 Å². The number of nitrogens with one attached hydrogen (secondary N) is 1. The molecule has 3 aromatic heterocycles. The van der Waals surface area contributed by atoms with Crippen molar-refractivity contribution in [3.8, 4) is 0 Å². The Morgan fingerprint density at radius 1 is 1.19 bits per heavy atom. The molecule has 1 saturated heterocycles. The molecule has 1 aromatic carbocycles. The van der Waals surface area contributed by atoms with E-state index in [-0.39, 0.29) is 17.3 Å². The second kappa shape index (κ2) is 6.42. The van der Waals surface area contributed by atoms with E-state index in [0.29, 0.717) is 5.92 Å². The van der Waals surface area contributed by atoms with Gasteiger partial charge in [0.2, 0.25) is 0 Å². The van der Waals surface area contributed by atoms with Gasteiger partial charge in [-0.25, -0.2) is 8.78 Å². The first-order chi connectivity index (χ1) is 13.2. The first kappa shape index (κ1) is 16.4. The van der Waals surface area contributed by atoms with Crippen LogP contribution in [0.4, 0.5) is 8.78 Å². The highest BCUT2D eigenvalue weighted by Gasteiger charge is 2.26. The molecule has 0 radical (unpaired) electrons. The molecule has 27 heavy (non-hydrogen) atoms. The fourth-order valence-corrected chi connectivity index (χ4v) is 4.11. The third-order valence-electron chi connectivity index (χ3n) is 5.50. The van der Waals surface area contributed by atoms with Gasteiger partial charge < -0.3 is 9.88 Å². The Labute approximate surface area is 154 Å². The topological polar surface area (TPSA) is 49.2 Å². The second-order valence-corrected chi connectivity index (χ2v) is 7.14. The number of pyridine rings is 1. The number of halogens is 2. The highest BCUT2D eigenvalue weighted by Crippen LogP contribution is 2.32. The van der Waals surface area contributed by atoms with Gasteiger partial charge in [0.15, 0.2) is 11.5 Å². The number of benzene rings is 1. The Morgan fingerprint density at radius 2 is 2.11 bits per heavy atom. The molecule has 5 rings (SSSR count). The van der Waals surface area contributed by atoms with Crippen molar-refractivity contribution in [2.75, 3.05) is 19.6 Å². The smallest absolute Gasteiger partial charge is 0.196 e. The van der Waals surface area contributed by atoms with Gasteiger partial charge >= 0.3 is 0 Å². The van der Waals surface area contributed by atoms with Crippen LogP contribution in [0.1, 0.15) is 23.7 Å². The minimum Gasteiger partial charge on any atom is -0.361 e. The summed E-state index contributed by atoms with van der Waals surface area (Å²) in [5.41, 5.74) is 2.38. The van der Waals surface area contributed by atoms with Crippen molar-refractivity contribution in [2.45, 2.75) is 18.8 Å². The molecule has 0 amide bonds. The van der Waals surface area contributed by atoms with Crippen molar-refractivity contribution in [1.82, 2.24) is 24.5 Å². The summed E-state index contributed by atoms with van der Waals surface area (Å²) in [6.45, 7) is 2.81. The fourth-order valence-electron chi connectivity index (χ4n) is 4.11. The minimum absolute atomic E-state index is 0.221. The maximum atomic E-state index is 13.7. The molecule has 5 nitrogen and oxygen atoms in total. The number of rotatable bonds is 4. The van der Waals surface area contributed by atoms with Crippen molar-refractivity contribution >= 4 is 16.6 Å². The Hall–Kier alpha value is -2.80. The zero-order valence-corrected chi connectivity index (χ0v) is 14.7. The first-order valence-corrected chi connectivity index (χ1v) is 9.16. The standard InChI is InChI=1S/C20H19F2N5/c21-14-3-4-15-16(11-23-18(15)10-14)13-5-8-26(12-13)9-6-19-24-25-20-17(22)2-1-7-27(19)20/h1-4,7,10-11,13,23H,5-6,8-9,12H2. The molecule has 0 spiro atoms. The first-order valence-electron chi connectivity index (χ1n) is 9.16. The number of fused-ring (bicyclic) bond motifs is 2. The number of hydrogen-bond acceptors (Lipinski definition) is 3. The monoisotopic (exact) mass is 367 g/mol. The number of nitrogens with zero attached hydrogens (tertiary/aromatic N) is 4. The van der Waals surface area contributed by atoms with Crippen LogP contribution >= 0.6 is 0 Å². The van der Waals surface area contributed by atoms with Gasteiger partial charge in [-0.2, -0.15) is 0 Å². The molecule has 1 N–H and O–H groups in total. The van der Waals surface area contributed by atoms with Gasteiger partial charge in [0.05, 0.1) is 0 Å². The fraction of sp³-hybridized carbons (Fsp3) is 0.300. The van der Waals surface area contributed by atoms with Crippen LogP contribution in [-0.2, 0) is 6.42 Å². The average Bonchev–Trinajstić information content (AvgIpc) is 3.38. The van der Waals surface area contributed by atoms with Crippen molar-refractivity contribution in [3.05, 3.63) is 65.7 Å². The third kappa shape index (κ3) is 2.88. The van der Waals surface area contributed by atoms with Crippen LogP contribution in [0.3, 0.4) is 0 Å². The minimum atomic E-state index is -0.353. The summed E-state index contributed by atoms with van der Waals surface area (Å²) in [6, 6.07) is 7.98. The number of H-pyrrole nitrogens is 1.